The van der Waals surface area contributed by atoms with E-state index in [0.717, 1.165) is 12.1 Å². The number of halogens is 3. The van der Waals surface area contributed by atoms with Gasteiger partial charge in [-0.3, -0.25) is 0 Å². The summed E-state index contributed by atoms with van der Waals surface area (Å²) in [7, 11) is 1.45. The fourth-order valence-electron chi connectivity index (χ4n) is 2.36. The molecule has 0 atom stereocenters. The minimum atomic E-state index is -4.38. The highest BCUT2D eigenvalue weighted by molar-refractivity contribution is 6.00. The minimum Gasteiger partial charge on any atom is -0.480 e. The van der Waals surface area contributed by atoms with Crippen molar-refractivity contribution in [1.82, 2.24) is 25.6 Å². The number of hydrogen-bond donors (Lipinski definition) is 1. The zero-order chi connectivity index (χ0) is 21.6. The second-order valence-corrected chi connectivity index (χ2v) is 5.97. The second-order valence-electron chi connectivity index (χ2n) is 5.97. The number of ether oxygens (including phenoxy) is 2. The van der Waals surface area contributed by atoms with Gasteiger partial charge in [-0.1, -0.05) is 22.5 Å². The van der Waals surface area contributed by atoms with Crippen LogP contribution in [0.1, 0.15) is 29.4 Å². The number of methoxy groups -OCH3 is 1. The molecule has 2 aromatic heterocycles. The molecule has 0 saturated carbocycles. The van der Waals surface area contributed by atoms with Crippen molar-refractivity contribution in [3.63, 3.8) is 0 Å². The van der Waals surface area contributed by atoms with Gasteiger partial charge in [-0.15, -0.1) is 10.2 Å². The number of aromatic nitrogens is 5. The van der Waals surface area contributed by atoms with Crippen molar-refractivity contribution in [2.75, 3.05) is 7.11 Å². The summed E-state index contributed by atoms with van der Waals surface area (Å²) in [5.74, 6) is 0.924. The van der Waals surface area contributed by atoms with Crippen molar-refractivity contribution in [2.24, 2.45) is 5.16 Å². The number of rotatable bonds is 8. The molecule has 0 aliphatic rings. The number of nitrogens with one attached hydrogen (secondary N) is 1. The molecule has 1 aromatic carbocycles. The van der Waals surface area contributed by atoms with Gasteiger partial charge in [-0.2, -0.15) is 23.4 Å². The van der Waals surface area contributed by atoms with E-state index in [1.807, 2.05) is 0 Å². The average Bonchev–Trinajstić information content (AvgIpc) is 3.25. The van der Waals surface area contributed by atoms with E-state index in [1.54, 1.807) is 19.1 Å². The number of aromatic amines is 1. The first-order valence-electron chi connectivity index (χ1n) is 8.60. The summed E-state index contributed by atoms with van der Waals surface area (Å²) in [6.07, 6.45) is -4.38. The highest BCUT2D eigenvalue weighted by Gasteiger charge is 2.29. The van der Waals surface area contributed by atoms with E-state index in [2.05, 4.69) is 30.8 Å². The summed E-state index contributed by atoms with van der Waals surface area (Å²) in [5, 5.41) is 17.3. The SMILES string of the molecule is COc1nc(OCc2nn[nH]n2)ccc1C(C)=NOCc1ccc(C(F)(F)F)cc1. The maximum Gasteiger partial charge on any atom is 0.416 e. The predicted octanol–water partition coefficient (Wildman–Crippen LogP) is 3.14. The van der Waals surface area contributed by atoms with Gasteiger partial charge in [0.2, 0.25) is 17.6 Å². The summed E-state index contributed by atoms with van der Waals surface area (Å²) < 4.78 is 48.5. The van der Waals surface area contributed by atoms with Crippen LogP contribution in [0.3, 0.4) is 0 Å². The first kappa shape index (κ1) is 21.0. The van der Waals surface area contributed by atoms with Crippen LogP contribution in [0.2, 0.25) is 0 Å². The van der Waals surface area contributed by atoms with E-state index in [9.17, 15) is 13.2 Å². The average molecular weight is 422 g/mol. The van der Waals surface area contributed by atoms with Gasteiger partial charge in [0.25, 0.3) is 0 Å². The quantitative estimate of drug-likeness (QED) is 0.439. The molecule has 3 aromatic rings. The van der Waals surface area contributed by atoms with E-state index in [0.29, 0.717) is 28.5 Å². The molecule has 0 saturated heterocycles. The van der Waals surface area contributed by atoms with Gasteiger partial charge in [0.05, 0.1) is 23.9 Å². The molecule has 0 bridgehead atoms. The first-order chi connectivity index (χ1) is 14.4. The molecule has 0 fully saturated rings. The standard InChI is InChI=1S/C18H17F3N6O3/c1-11(25-30-9-12-3-5-13(6-4-12)18(19,20)21)14-7-8-16(22-17(14)28-2)29-10-15-23-26-27-24-15/h3-8H,9-10H2,1-2H3,(H,23,24,26,27). The third kappa shape index (κ3) is 5.43. The maximum absolute atomic E-state index is 12.6. The Morgan fingerprint density at radius 1 is 1.10 bits per heavy atom. The fraction of sp³-hybridized carbons (Fsp3) is 0.278. The van der Waals surface area contributed by atoms with Crippen LogP contribution in [0.4, 0.5) is 13.2 Å². The van der Waals surface area contributed by atoms with Crippen LogP contribution in [0.15, 0.2) is 41.6 Å². The lowest BCUT2D eigenvalue weighted by Crippen LogP contribution is -2.05. The van der Waals surface area contributed by atoms with Crippen LogP contribution in [-0.2, 0) is 24.2 Å². The van der Waals surface area contributed by atoms with Crippen molar-refractivity contribution in [2.45, 2.75) is 26.3 Å². The Hall–Kier alpha value is -3.70. The topological polar surface area (TPSA) is 107 Å². The molecular weight excluding hydrogens is 405 g/mol. The molecular formula is C18H17F3N6O3. The van der Waals surface area contributed by atoms with Crippen molar-refractivity contribution in [1.29, 1.82) is 0 Å². The minimum absolute atomic E-state index is 0.0110. The van der Waals surface area contributed by atoms with Crippen LogP contribution in [0.25, 0.3) is 0 Å². The summed E-state index contributed by atoms with van der Waals surface area (Å²) >= 11 is 0. The number of alkyl halides is 3. The summed E-state index contributed by atoms with van der Waals surface area (Å²) in [6, 6.07) is 7.98. The zero-order valence-corrected chi connectivity index (χ0v) is 16.0. The van der Waals surface area contributed by atoms with Gasteiger partial charge in [-0.05, 0) is 30.7 Å². The molecule has 0 spiro atoms. The molecule has 0 amide bonds. The zero-order valence-electron chi connectivity index (χ0n) is 16.0. The number of H-pyrrole nitrogens is 1. The molecule has 158 valence electrons. The molecule has 0 radical (unpaired) electrons. The van der Waals surface area contributed by atoms with Gasteiger partial charge < -0.3 is 14.3 Å². The van der Waals surface area contributed by atoms with Gasteiger partial charge >= 0.3 is 6.18 Å². The van der Waals surface area contributed by atoms with Crippen molar-refractivity contribution < 1.29 is 27.5 Å². The first-order valence-corrected chi connectivity index (χ1v) is 8.60. The van der Waals surface area contributed by atoms with E-state index < -0.39 is 11.7 Å². The number of oxime groups is 1. The van der Waals surface area contributed by atoms with Crippen molar-refractivity contribution >= 4 is 5.71 Å². The Labute approximate surface area is 168 Å². The van der Waals surface area contributed by atoms with E-state index in [1.165, 1.54) is 19.2 Å². The van der Waals surface area contributed by atoms with Gasteiger partial charge in [0.1, 0.15) is 6.61 Å². The molecule has 0 aliphatic heterocycles. The fourth-order valence-corrected chi connectivity index (χ4v) is 2.36. The second kappa shape index (κ2) is 9.20. The monoisotopic (exact) mass is 422 g/mol. The maximum atomic E-state index is 12.6. The number of pyridine rings is 1. The van der Waals surface area contributed by atoms with Crippen LogP contribution in [-0.4, -0.2) is 38.4 Å². The number of tetrazole rings is 1. The van der Waals surface area contributed by atoms with Crippen LogP contribution in [0.5, 0.6) is 11.8 Å². The Morgan fingerprint density at radius 3 is 2.50 bits per heavy atom. The molecule has 30 heavy (non-hydrogen) atoms. The van der Waals surface area contributed by atoms with Crippen molar-refractivity contribution in [3.05, 3.63) is 58.9 Å². The Bertz CT molecular complexity index is 991. The van der Waals surface area contributed by atoms with Gasteiger partial charge in [0, 0.05) is 6.07 Å². The Kier molecular flexibility index (Phi) is 6.45. The molecule has 1 N–H and O–H groups in total. The highest BCUT2D eigenvalue weighted by Crippen LogP contribution is 2.29. The van der Waals surface area contributed by atoms with Crippen LogP contribution < -0.4 is 9.47 Å². The van der Waals surface area contributed by atoms with Gasteiger partial charge in [0.15, 0.2) is 6.61 Å². The predicted molar refractivity (Wildman–Crippen MR) is 97.7 cm³/mol. The molecule has 2 heterocycles. The number of hydrogen-bond acceptors (Lipinski definition) is 8. The smallest absolute Gasteiger partial charge is 0.416 e. The van der Waals surface area contributed by atoms with Crippen molar-refractivity contribution in [3.8, 4) is 11.8 Å². The summed E-state index contributed by atoms with van der Waals surface area (Å²) in [5.41, 5.74) is 0.867. The molecule has 0 unspecified atom stereocenters. The van der Waals surface area contributed by atoms with Crippen LogP contribution >= 0.6 is 0 Å². The normalized spacial score (nSPS) is 12.0. The molecule has 12 heteroatoms. The largest absolute Gasteiger partial charge is 0.480 e. The molecule has 0 aliphatic carbocycles. The Balaban J connectivity index is 1.62. The van der Waals surface area contributed by atoms with E-state index >= 15 is 0 Å². The highest BCUT2D eigenvalue weighted by atomic mass is 19.4. The lowest BCUT2D eigenvalue weighted by atomic mass is 10.1. The van der Waals surface area contributed by atoms with Crippen LogP contribution in [0, 0.1) is 0 Å². The molecule has 3 rings (SSSR count). The summed E-state index contributed by atoms with van der Waals surface area (Å²) in [4.78, 5) is 9.49. The molecule has 9 nitrogen and oxygen atoms in total. The van der Waals surface area contributed by atoms with E-state index in [4.69, 9.17) is 14.3 Å². The summed E-state index contributed by atoms with van der Waals surface area (Å²) in [6.45, 7) is 1.78. The Morgan fingerprint density at radius 2 is 1.87 bits per heavy atom. The third-order valence-electron chi connectivity index (χ3n) is 3.87. The lowest BCUT2D eigenvalue weighted by molar-refractivity contribution is -0.137. The van der Waals surface area contributed by atoms with Gasteiger partial charge in [-0.25, -0.2) is 0 Å². The lowest BCUT2D eigenvalue weighted by Gasteiger charge is -2.10. The van der Waals surface area contributed by atoms with E-state index in [-0.39, 0.29) is 19.1 Å². The third-order valence-corrected chi connectivity index (χ3v) is 3.87. The number of nitrogens with zero attached hydrogens (tertiary/aromatic N) is 5. The number of benzene rings is 1.